The van der Waals surface area contributed by atoms with Gasteiger partial charge in [-0.15, -0.1) is 0 Å². The fourth-order valence-electron chi connectivity index (χ4n) is 1.89. The number of nitrogens with one attached hydrogen (secondary N) is 1. The lowest BCUT2D eigenvalue weighted by Gasteiger charge is -2.32. The molecule has 9 heteroatoms. The standard InChI is InChI=1S/C12H11BrClFN2O3S/c13-7-3-6(15)4-8(14)10(7)16-12(20)17-1-2-21-5-9(17)11(18)19/h3-4,9H,1-2,5H2,(H,16,20)(H,18,19). The number of urea groups is 1. The van der Waals surface area contributed by atoms with Crippen molar-refractivity contribution in [2.75, 3.05) is 23.4 Å². The number of amides is 2. The van der Waals surface area contributed by atoms with Crippen LogP contribution in [0, 0.1) is 5.82 Å². The molecule has 1 saturated heterocycles. The Bertz CT molecular complexity index is 567. The molecule has 1 atom stereocenters. The van der Waals surface area contributed by atoms with Gasteiger partial charge in [0.05, 0.1) is 10.7 Å². The van der Waals surface area contributed by atoms with Gasteiger partial charge in [0.15, 0.2) is 0 Å². The first-order chi connectivity index (χ1) is 9.90. The third-order valence-electron chi connectivity index (χ3n) is 2.91. The molecule has 2 amide bonds. The molecule has 0 radical (unpaired) electrons. The highest BCUT2D eigenvalue weighted by Crippen LogP contribution is 2.32. The molecule has 1 aromatic carbocycles. The molecule has 0 aliphatic carbocycles. The van der Waals surface area contributed by atoms with Crippen molar-refractivity contribution >= 4 is 57.0 Å². The Kier molecular flexibility index (Phi) is 5.34. The van der Waals surface area contributed by atoms with Crippen molar-refractivity contribution in [2.45, 2.75) is 6.04 Å². The van der Waals surface area contributed by atoms with Gasteiger partial charge in [-0.3, -0.25) is 0 Å². The fourth-order valence-corrected chi connectivity index (χ4v) is 3.83. The number of benzene rings is 1. The summed E-state index contributed by atoms with van der Waals surface area (Å²) >= 11 is 10.5. The van der Waals surface area contributed by atoms with Crippen molar-refractivity contribution in [3.05, 3.63) is 27.4 Å². The van der Waals surface area contributed by atoms with Crippen LogP contribution in [0.1, 0.15) is 0 Å². The van der Waals surface area contributed by atoms with Gasteiger partial charge in [0, 0.05) is 22.5 Å². The second kappa shape index (κ2) is 6.85. The van der Waals surface area contributed by atoms with E-state index >= 15 is 0 Å². The Hall–Kier alpha value is -0.990. The van der Waals surface area contributed by atoms with E-state index in [-0.39, 0.29) is 10.7 Å². The average Bonchev–Trinajstić information content (AvgIpc) is 2.42. The van der Waals surface area contributed by atoms with Crippen LogP contribution in [0.4, 0.5) is 14.9 Å². The van der Waals surface area contributed by atoms with Crippen molar-refractivity contribution in [1.82, 2.24) is 4.90 Å². The van der Waals surface area contributed by atoms with Crippen LogP contribution in [0.5, 0.6) is 0 Å². The summed E-state index contributed by atoms with van der Waals surface area (Å²) < 4.78 is 13.4. The Morgan fingerprint density at radius 2 is 2.24 bits per heavy atom. The predicted octanol–water partition coefficient (Wildman–Crippen LogP) is 3.28. The average molecular weight is 398 g/mol. The lowest BCUT2D eigenvalue weighted by Crippen LogP contribution is -2.51. The van der Waals surface area contributed by atoms with Crippen LogP contribution in [0.25, 0.3) is 0 Å². The molecular formula is C12H11BrClFN2O3S. The van der Waals surface area contributed by atoms with Gasteiger partial charge in [-0.05, 0) is 28.1 Å². The number of carboxylic acid groups (broad SMARTS) is 1. The van der Waals surface area contributed by atoms with E-state index in [0.717, 1.165) is 6.07 Å². The molecule has 0 bridgehead atoms. The number of hydrogen-bond acceptors (Lipinski definition) is 3. The number of hydrogen-bond donors (Lipinski definition) is 2. The lowest BCUT2D eigenvalue weighted by molar-refractivity contribution is -0.141. The zero-order valence-corrected chi connectivity index (χ0v) is 13.8. The summed E-state index contributed by atoms with van der Waals surface area (Å²) in [5.74, 6) is -0.597. The first kappa shape index (κ1) is 16.4. The highest BCUT2D eigenvalue weighted by Gasteiger charge is 2.32. The van der Waals surface area contributed by atoms with Crippen molar-refractivity contribution in [1.29, 1.82) is 0 Å². The zero-order chi connectivity index (χ0) is 15.6. The quantitative estimate of drug-likeness (QED) is 0.803. The van der Waals surface area contributed by atoms with E-state index in [0.29, 0.717) is 22.5 Å². The topological polar surface area (TPSA) is 69.6 Å². The van der Waals surface area contributed by atoms with Gasteiger partial charge in [-0.1, -0.05) is 11.6 Å². The summed E-state index contributed by atoms with van der Waals surface area (Å²) in [5, 5.41) is 11.7. The molecule has 1 aliphatic rings. The van der Waals surface area contributed by atoms with E-state index < -0.39 is 23.9 Å². The van der Waals surface area contributed by atoms with Crippen molar-refractivity contribution < 1.29 is 19.1 Å². The summed E-state index contributed by atoms with van der Waals surface area (Å²) in [5.41, 5.74) is 0.213. The fraction of sp³-hybridized carbons (Fsp3) is 0.333. The second-order valence-electron chi connectivity index (χ2n) is 4.30. The summed E-state index contributed by atoms with van der Waals surface area (Å²) in [6.45, 7) is 0.323. The van der Waals surface area contributed by atoms with E-state index in [2.05, 4.69) is 21.2 Å². The molecule has 1 unspecified atom stereocenters. The first-order valence-corrected chi connectivity index (χ1v) is 8.25. The van der Waals surface area contributed by atoms with Crippen LogP contribution in [-0.2, 0) is 4.79 Å². The zero-order valence-electron chi connectivity index (χ0n) is 10.6. The maximum Gasteiger partial charge on any atom is 0.327 e. The summed E-state index contributed by atoms with van der Waals surface area (Å²) in [4.78, 5) is 24.7. The van der Waals surface area contributed by atoms with Gasteiger partial charge < -0.3 is 15.3 Å². The minimum Gasteiger partial charge on any atom is -0.480 e. The van der Waals surface area contributed by atoms with Crippen molar-refractivity contribution in [3.8, 4) is 0 Å². The third-order valence-corrected chi connectivity index (χ3v) is 4.86. The minimum atomic E-state index is -1.05. The maximum atomic E-state index is 13.2. The van der Waals surface area contributed by atoms with Crippen LogP contribution in [0.2, 0.25) is 5.02 Å². The monoisotopic (exact) mass is 396 g/mol. The van der Waals surface area contributed by atoms with Gasteiger partial charge in [0.2, 0.25) is 0 Å². The number of carbonyl (C=O) groups is 2. The largest absolute Gasteiger partial charge is 0.480 e. The highest BCUT2D eigenvalue weighted by molar-refractivity contribution is 9.10. The van der Waals surface area contributed by atoms with E-state index in [1.165, 1.54) is 22.7 Å². The number of aliphatic carboxylic acids is 1. The van der Waals surface area contributed by atoms with Gasteiger partial charge >= 0.3 is 12.0 Å². The molecule has 0 spiro atoms. The van der Waals surface area contributed by atoms with Crippen molar-refractivity contribution in [2.24, 2.45) is 0 Å². The molecule has 5 nitrogen and oxygen atoms in total. The minimum absolute atomic E-state index is 0.0356. The molecule has 21 heavy (non-hydrogen) atoms. The van der Waals surface area contributed by atoms with Crippen LogP contribution in [-0.4, -0.2) is 46.1 Å². The number of rotatable bonds is 2. The van der Waals surface area contributed by atoms with Crippen LogP contribution in [0.3, 0.4) is 0 Å². The third kappa shape index (κ3) is 3.81. The molecule has 1 fully saturated rings. The first-order valence-electron chi connectivity index (χ1n) is 5.93. The normalized spacial score (nSPS) is 18.4. The van der Waals surface area contributed by atoms with Crippen LogP contribution >= 0.6 is 39.3 Å². The van der Waals surface area contributed by atoms with Crippen molar-refractivity contribution in [3.63, 3.8) is 0 Å². The van der Waals surface area contributed by atoms with E-state index in [4.69, 9.17) is 16.7 Å². The van der Waals surface area contributed by atoms with Gasteiger partial charge in [0.25, 0.3) is 0 Å². The second-order valence-corrected chi connectivity index (χ2v) is 6.71. The smallest absolute Gasteiger partial charge is 0.327 e. The molecule has 2 rings (SSSR count). The van der Waals surface area contributed by atoms with Crippen LogP contribution < -0.4 is 5.32 Å². The SMILES string of the molecule is O=C(O)C1CSCCN1C(=O)Nc1c(Cl)cc(F)cc1Br. The number of halogens is 3. The van der Waals surface area contributed by atoms with Gasteiger partial charge in [-0.2, -0.15) is 11.8 Å². The van der Waals surface area contributed by atoms with E-state index in [1.807, 2.05) is 0 Å². The van der Waals surface area contributed by atoms with E-state index in [9.17, 15) is 14.0 Å². The number of anilines is 1. The Morgan fingerprint density at radius 1 is 1.52 bits per heavy atom. The van der Waals surface area contributed by atoms with Gasteiger partial charge in [-0.25, -0.2) is 14.0 Å². The molecule has 0 saturated carbocycles. The highest BCUT2D eigenvalue weighted by atomic mass is 79.9. The Balaban J connectivity index is 2.19. The molecule has 2 N–H and O–H groups in total. The summed E-state index contributed by atoms with van der Waals surface area (Å²) in [7, 11) is 0. The summed E-state index contributed by atoms with van der Waals surface area (Å²) in [6, 6.07) is 0.781. The van der Waals surface area contributed by atoms with Crippen LogP contribution in [0.15, 0.2) is 16.6 Å². The number of carbonyl (C=O) groups excluding carboxylic acids is 1. The Morgan fingerprint density at radius 3 is 2.86 bits per heavy atom. The predicted molar refractivity (Wildman–Crippen MR) is 83.6 cm³/mol. The number of thioether (sulfide) groups is 1. The number of carboxylic acids is 1. The molecule has 1 aromatic rings. The van der Waals surface area contributed by atoms with Gasteiger partial charge in [0.1, 0.15) is 11.9 Å². The van der Waals surface area contributed by atoms with E-state index in [1.54, 1.807) is 0 Å². The molecule has 114 valence electrons. The maximum absolute atomic E-state index is 13.2. The Labute approximate surface area is 138 Å². The summed E-state index contributed by atoms with van der Waals surface area (Å²) in [6.07, 6.45) is 0. The lowest BCUT2D eigenvalue weighted by atomic mass is 10.2. The number of nitrogens with zero attached hydrogens (tertiary/aromatic N) is 1. The molecule has 1 heterocycles. The molecule has 0 aromatic heterocycles. The molecular weight excluding hydrogens is 387 g/mol. The molecule has 1 aliphatic heterocycles.